The van der Waals surface area contributed by atoms with Crippen molar-refractivity contribution in [2.75, 3.05) is 11.9 Å². The van der Waals surface area contributed by atoms with E-state index in [1.807, 2.05) is 24.3 Å². The number of nitrogens with zero attached hydrogens (tertiary/aromatic N) is 1. The molecule has 0 aliphatic carbocycles. The van der Waals surface area contributed by atoms with Crippen molar-refractivity contribution >= 4 is 22.4 Å². The molecule has 0 saturated heterocycles. The van der Waals surface area contributed by atoms with Crippen molar-refractivity contribution in [2.24, 2.45) is 0 Å². The number of nitrogens with one attached hydrogen (secondary N) is 1. The molecule has 1 aromatic carbocycles. The number of hydrogen-bond donors (Lipinski definition) is 1. The molecule has 2 aromatic rings. The Labute approximate surface area is 124 Å². The average molecular weight is 284 g/mol. The Kier molecular flexibility index (Phi) is 5.32. The normalized spacial score (nSPS) is 10.3. The van der Waals surface area contributed by atoms with Crippen LogP contribution in [0.15, 0.2) is 43.1 Å². The summed E-state index contributed by atoms with van der Waals surface area (Å²) >= 11 is 0. The lowest BCUT2D eigenvalue weighted by Gasteiger charge is -2.09. The van der Waals surface area contributed by atoms with E-state index in [0.29, 0.717) is 12.5 Å². The number of ether oxygens (including phenoxy) is 1. The minimum atomic E-state index is -0.223. The minimum absolute atomic E-state index is 0.223. The lowest BCUT2D eigenvalue weighted by molar-refractivity contribution is -0.111. The number of hydrogen-bond acceptors (Lipinski definition) is 3. The zero-order chi connectivity index (χ0) is 15.1. The lowest BCUT2D eigenvalue weighted by atomic mass is 10.1. The van der Waals surface area contributed by atoms with E-state index in [9.17, 15) is 4.79 Å². The van der Waals surface area contributed by atoms with Crippen LogP contribution < -0.4 is 10.1 Å². The number of fused-ring (bicyclic) bond motifs is 1. The zero-order valence-corrected chi connectivity index (χ0v) is 12.3. The van der Waals surface area contributed by atoms with Gasteiger partial charge in [0.15, 0.2) is 0 Å². The Bertz CT molecular complexity index is 638. The molecular formula is C17H20N2O2. The highest BCUT2D eigenvalue weighted by molar-refractivity contribution is 6.00. The number of carbonyl (C=O) groups excluding carboxylic acids is 1. The molecule has 4 nitrogen and oxygen atoms in total. The molecule has 2 rings (SSSR count). The molecule has 4 heteroatoms. The summed E-state index contributed by atoms with van der Waals surface area (Å²) in [5.41, 5.74) is 0.732. The Balaban J connectivity index is 2.17. The van der Waals surface area contributed by atoms with Gasteiger partial charge >= 0.3 is 0 Å². The standard InChI is InChI=1S/C17H20N2O2/c1-3-5-6-11-21-17-15-8-7-14(19-16(20)4-2)12-13(15)9-10-18-17/h4,7-10,12H,2-3,5-6,11H2,1H3,(H,19,20). The fourth-order valence-electron chi connectivity index (χ4n) is 2.06. The quantitative estimate of drug-likeness (QED) is 0.619. The maximum atomic E-state index is 11.3. The molecular weight excluding hydrogens is 264 g/mol. The molecule has 1 aromatic heterocycles. The van der Waals surface area contributed by atoms with Gasteiger partial charge in [-0.1, -0.05) is 26.3 Å². The number of unbranched alkanes of at least 4 members (excludes halogenated alkanes) is 2. The third-order valence-corrected chi connectivity index (χ3v) is 3.17. The Morgan fingerprint density at radius 1 is 1.38 bits per heavy atom. The van der Waals surface area contributed by atoms with Crippen LogP contribution in [0.2, 0.25) is 0 Å². The monoisotopic (exact) mass is 284 g/mol. The highest BCUT2D eigenvalue weighted by Gasteiger charge is 2.05. The maximum Gasteiger partial charge on any atom is 0.247 e. The van der Waals surface area contributed by atoms with E-state index in [1.165, 1.54) is 12.5 Å². The third-order valence-electron chi connectivity index (χ3n) is 3.17. The van der Waals surface area contributed by atoms with Gasteiger partial charge in [0, 0.05) is 17.3 Å². The molecule has 21 heavy (non-hydrogen) atoms. The first-order valence-electron chi connectivity index (χ1n) is 7.19. The van der Waals surface area contributed by atoms with Crippen molar-refractivity contribution in [2.45, 2.75) is 26.2 Å². The number of rotatable bonds is 7. The molecule has 1 N–H and O–H groups in total. The van der Waals surface area contributed by atoms with Gasteiger partial charge in [-0.05, 0) is 42.1 Å². The van der Waals surface area contributed by atoms with Crippen molar-refractivity contribution in [3.8, 4) is 5.88 Å². The first kappa shape index (κ1) is 15.0. The molecule has 0 fully saturated rings. The minimum Gasteiger partial charge on any atom is -0.477 e. The average Bonchev–Trinajstić information content (AvgIpc) is 2.51. The lowest BCUT2D eigenvalue weighted by Crippen LogP contribution is -2.07. The highest BCUT2D eigenvalue weighted by Crippen LogP contribution is 2.26. The smallest absolute Gasteiger partial charge is 0.247 e. The third kappa shape index (κ3) is 4.05. The number of carbonyl (C=O) groups is 1. The van der Waals surface area contributed by atoms with Crippen LogP contribution in [0.4, 0.5) is 5.69 Å². The summed E-state index contributed by atoms with van der Waals surface area (Å²) in [6.07, 6.45) is 6.32. The van der Waals surface area contributed by atoms with Gasteiger partial charge in [0.05, 0.1) is 6.61 Å². The molecule has 0 aliphatic rings. The van der Waals surface area contributed by atoms with Crippen LogP contribution in [0.1, 0.15) is 26.2 Å². The first-order chi connectivity index (χ1) is 10.2. The van der Waals surface area contributed by atoms with Crippen LogP contribution in [0.25, 0.3) is 10.8 Å². The number of amides is 1. The van der Waals surface area contributed by atoms with Gasteiger partial charge in [-0.2, -0.15) is 0 Å². The van der Waals surface area contributed by atoms with Crippen molar-refractivity contribution in [3.05, 3.63) is 43.1 Å². The van der Waals surface area contributed by atoms with E-state index in [4.69, 9.17) is 4.74 Å². The molecule has 0 radical (unpaired) electrons. The maximum absolute atomic E-state index is 11.3. The number of anilines is 1. The van der Waals surface area contributed by atoms with Gasteiger partial charge in [0.1, 0.15) is 0 Å². The number of aromatic nitrogens is 1. The molecule has 1 amide bonds. The van der Waals surface area contributed by atoms with E-state index < -0.39 is 0 Å². The molecule has 0 unspecified atom stereocenters. The van der Waals surface area contributed by atoms with Crippen molar-refractivity contribution < 1.29 is 9.53 Å². The van der Waals surface area contributed by atoms with Gasteiger partial charge < -0.3 is 10.1 Å². The zero-order valence-electron chi connectivity index (χ0n) is 12.3. The van der Waals surface area contributed by atoms with Gasteiger partial charge in [0.2, 0.25) is 11.8 Å². The van der Waals surface area contributed by atoms with Crippen molar-refractivity contribution in [3.63, 3.8) is 0 Å². The Morgan fingerprint density at radius 2 is 2.24 bits per heavy atom. The molecule has 0 bridgehead atoms. The number of benzene rings is 1. The Hall–Kier alpha value is -2.36. The van der Waals surface area contributed by atoms with Gasteiger partial charge in [-0.3, -0.25) is 4.79 Å². The summed E-state index contributed by atoms with van der Waals surface area (Å²) in [4.78, 5) is 15.6. The van der Waals surface area contributed by atoms with E-state index in [0.717, 1.165) is 29.3 Å². The van der Waals surface area contributed by atoms with Crippen molar-refractivity contribution in [1.82, 2.24) is 4.98 Å². The van der Waals surface area contributed by atoms with E-state index >= 15 is 0 Å². The van der Waals surface area contributed by atoms with Gasteiger partial charge in [0.25, 0.3) is 0 Å². The van der Waals surface area contributed by atoms with Gasteiger partial charge in [-0.15, -0.1) is 0 Å². The van der Waals surface area contributed by atoms with Crippen molar-refractivity contribution in [1.29, 1.82) is 0 Å². The summed E-state index contributed by atoms with van der Waals surface area (Å²) in [6.45, 7) is 6.28. The van der Waals surface area contributed by atoms with Crippen LogP contribution in [-0.2, 0) is 4.79 Å². The summed E-state index contributed by atoms with van der Waals surface area (Å²) in [7, 11) is 0. The summed E-state index contributed by atoms with van der Waals surface area (Å²) in [5.74, 6) is 0.421. The second kappa shape index (κ2) is 7.43. The predicted octanol–water partition coefficient (Wildman–Crippen LogP) is 3.93. The topological polar surface area (TPSA) is 51.2 Å². The summed E-state index contributed by atoms with van der Waals surface area (Å²) < 4.78 is 5.75. The Morgan fingerprint density at radius 3 is 3.00 bits per heavy atom. The largest absolute Gasteiger partial charge is 0.477 e. The fourth-order valence-corrected chi connectivity index (χ4v) is 2.06. The summed E-state index contributed by atoms with van der Waals surface area (Å²) in [6, 6.07) is 7.55. The van der Waals surface area contributed by atoms with Crippen LogP contribution in [-0.4, -0.2) is 17.5 Å². The van der Waals surface area contributed by atoms with E-state index in [1.54, 1.807) is 6.20 Å². The second-order valence-corrected chi connectivity index (χ2v) is 4.80. The van der Waals surface area contributed by atoms with Crippen LogP contribution in [0, 0.1) is 0 Å². The van der Waals surface area contributed by atoms with E-state index in [-0.39, 0.29) is 5.91 Å². The van der Waals surface area contributed by atoms with Gasteiger partial charge in [-0.25, -0.2) is 4.98 Å². The molecule has 0 saturated carbocycles. The predicted molar refractivity (Wildman–Crippen MR) is 85.6 cm³/mol. The van der Waals surface area contributed by atoms with Crippen LogP contribution in [0.3, 0.4) is 0 Å². The molecule has 1 heterocycles. The van der Waals surface area contributed by atoms with Crippen LogP contribution in [0.5, 0.6) is 5.88 Å². The molecule has 0 spiro atoms. The molecule has 0 atom stereocenters. The molecule has 0 aliphatic heterocycles. The van der Waals surface area contributed by atoms with E-state index in [2.05, 4.69) is 23.8 Å². The van der Waals surface area contributed by atoms with Crippen LogP contribution >= 0.6 is 0 Å². The summed E-state index contributed by atoms with van der Waals surface area (Å²) in [5, 5.41) is 4.68. The fraction of sp³-hybridized carbons (Fsp3) is 0.294. The second-order valence-electron chi connectivity index (χ2n) is 4.80. The number of pyridine rings is 1. The molecule has 110 valence electrons. The highest BCUT2D eigenvalue weighted by atomic mass is 16.5. The SMILES string of the molecule is C=CC(=O)Nc1ccc2c(OCCCCC)nccc2c1. The first-order valence-corrected chi connectivity index (χ1v) is 7.19.